The van der Waals surface area contributed by atoms with Gasteiger partial charge in [0.2, 0.25) is 0 Å². The van der Waals surface area contributed by atoms with E-state index in [4.69, 9.17) is 4.74 Å². The standard InChI is InChI=1S/C15H20O3/c1-7-4-5-10-8(2)6-11(16)13-9(3)15(17)18-14(13)12(7)10/h8,10-11,13-14,16H,3-6H2,1-2H3/t8-,10-,11-,13+,14-/m0/s1. The number of esters is 1. The SMILES string of the molecule is C=C1C(=O)O[C@H]2C3=C(C)CC[C@H]3[C@@H](C)C[C@H](O)[C@@H]12. The molecule has 98 valence electrons. The van der Waals surface area contributed by atoms with Crippen LogP contribution in [0.4, 0.5) is 0 Å². The van der Waals surface area contributed by atoms with Crippen molar-refractivity contribution in [2.45, 2.75) is 45.3 Å². The van der Waals surface area contributed by atoms with E-state index in [0.29, 0.717) is 17.4 Å². The topological polar surface area (TPSA) is 46.5 Å². The van der Waals surface area contributed by atoms with Crippen molar-refractivity contribution < 1.29 is 14.6 Å². The highest BCUT2D eigenvalue weighted by atomic mass is 16.6. The molecule has 0 aromatic heterocycles. The number of carbonyl (C=O) groups excluding carboxylic acids is 1. The predicted octanol–water partition coefficient (Wildman–Crippen LogP) is 2.21. The summed E-state index contributed by atoms with van der Waals surface area (Å²) in [6.45, 7) is 8.14. The molecule has 0 aromatic rings. The van der Waals surface area contributed by atoms with Crippen molar-refractivity contribution in [2.75, 3.05) is 0 Å². The fourth-order valence-electron chi connectivity index (χ4n) is 4.00. The van der Waals surface area contributed by atoms with Crippen molar-refractivity contribution in [3.63, 3.8) is 0 Å². The van der Waals surface area contributed by atoms with Crippen molar-refractivity contribution in [3.05, 3.63) is 23.3 Å². The molecule has 3 rings (SSSR count). The number of allylic oxidation sites excluding steroid dienone is 1. The quantitative estimate of drug-likeness (QED) is 0.406. The van der Waals surface area contributed by atoms with E-state index < -0.39 is 6.10 Å². The van der Waals surface area contributed by atoms with Crippen molar-refractivity contribution in [2.24, 2.45) is 17.8 Å². The summed E-state index contributed by atoms with van der Waals surface area (Å²) in [6, 6.07) is 0. The second-order valence-electron chi connectivity index (χ2n) is 6.04. The van der Waals surface area contributed by atoms with Crippen LogP contribution >= 0.6 is 0 Å². The lowest BCUT2D eigenvalue weighted by Gasteiger charge is -2.23. The van der Waals surface area contributed by atoms with E-state index in [2.05, 4.69) is 20.4 Å². The second kappa shape index (κ2) is 3.95. The van der Waals surface area contributed by atoms with E-state index in [1.165, 1.54) is 11.1 Å². The van der Waals surface area contributed by atoms with Gasteiger partial charge in [0, 0.05) is 5.57 Å². The maximum absolute atomic E-state index is 11.7. The van der Waals surface area contributed by atoms with Crippen LogP contribution in [-0.2, 0) is 9.53 Å². The molecule has 0 radical (unpaired) electrons. The van der Waals surface area contributed by atoms with Crippen LogP contribution < -0.4 is 0 Å². The third kappa shape index (κ3) is 1.50. The summed E-state index contributed by atoms with van der Waals surface area (Å²) in [5.41, 5.74) is 3.07. The molecule has 1 heterocycles. The number of rotatable bonds is 0. The molecule has 1 saturated heterocycles. The average Bonchev–Trinajstić information content (AvgIpc) is 2.77. The van der Waals surface area contributed by atoms with Crippen LogP contribution in [-0.4, -0.2) is 23.3 Å². The lowest BCUT2D eigenvalue weighted by atomic mass is 9.85. The van der Waals surface area contributed by atoms with Gasteiger partial charge in [0.05, 0.1) is 12.0 Å². The summed E-state index contributed by atoms with van der Waals surface area (Å²) < 4.78 is 5.50. The van der Waals surface area contributed by atoms with E-state index in [9.17, 15) is 9.90 Å². The molecule has 18 heavy (non-hydrogen) atoms. The summed E-state index contributed by atoms with van der Waals surface area (Å²) in [5.74, 6) is 0.357. The number of aliphatic hydroxyl groups excluding tert-OH is 1. The van der Waals surface area contributed by atoms with Crippen LogP contribution in [0.25, 0.3) is 0 Å². The Labute approximate surface area is 108 Å². The highest BCUT2D eigenvalue weighted by Gasteiger charge is 2.51. The molecule has 5 atom stereocenters. The molecule has 0 bridgehead atoms. The van der Waals surface area contributed by atoms with Gasteiger partial charge in [-0.2, -0.15) is 0 Å². The van der Waals surface area contributed by atoms with Gasteiger partial charge >= 0.3 is 5.97 Å². The summed E-state index contributed by atoms with van der Waals surface area (Å²) in [4.78, 5) is 11.7. The summed E-state index contributed by atoms with van der Waals surface area (Å²) >= 11 is 0. The van der Waals surface area contributed by atoms with Gasteiger partial charge in [0.25, 0.3) is 0 Å². The molecule has 1 aliphatic heterocycles. The van der Waals surface area contributed by atoms with Gasteiger partial charge in [-0.25, -0.2) is 4.79 Å². The fraction of sp³-hybridized carbons (Fsp3) is 0.667. The van der Waals surface area contributed by atoms with Gasteiger partial charge < -0.3 is 9.84 Å². The molecule has 3 nitrogen and oxygen atoms in total. The Kier molecular flexibility index (Phi) is 2.63. The van der Waals surface area contributed by atoms with Crippen molar-refractivity contribution >= 4 is 5.97 Å². The molecule has 0 aromatic carbocycles. The normalized spacial score (nSPS) is 43.6. The van der Waals surface area contributed by atoms with E-state index in [0.717, 1.165) is 19.3 Å². The number of fused-ring (bicyclic) bond motifs is 3. The molecule has 1 N–H and O–H groups in total. The van der Waals surface area contributed by atoms with Gasteiger partial charge in [-0.05, 0) is 43.6 Å². The number of aliphatic hydroxyl groups is 1. The summed E-state index contributed by atoms with van der Waals surface area (Å²) in [5, 5.41) is 10.3. The van der Waals surface area contributed by atoms with Crippen LogP contribution in [0, 0.1) is 17.8 Å². The van der Waals surface area contributed by atoms with Gasteiger partial charge in [0.1, 0.15) is 6.10 Å². The number of hydrogen-bond acceptors (Lipinski definition) is 3. The monoisotopic (exact) mass is 248 g/mol. The van der Waals surface area contributed by atoms with Crippen LogP contribution in [0.2, 0.25) is 0 Å². The van der Waals surface area contributed by atoms with E-state index >= 15 is 0 Å². The first-order chi connectivity index (χ1) is 8.50. The van der Waals surface area contributed by atoms with Crippen molar-refractivity contribution in [1.29, 1.82) is 0 Å². The summed E-state index contributed by atoms with van der Waals surface area (Å²) in [7, 11) is 0. The van der Waals surface area contributed by atoms with Gasteiger partial charge in [-0.3, -0.25) is 0 Å². The molecule has 2 fully saturated rings. The lowest BCUT2D eigenvalue weighted by molar-refractivity contribution is -0.138. The minimum atomic E-state index is -0.505. The molecule has 2 aliphatic carbocycles. The Morgan fingerprint density at radius 1 is 1.44 bits per heavy atom. The Hall–Kier alpha value is -1.09. The van der Waals surface area contributed by atoms with Gasteiger partial charge in [-0.1, -0.05) is 19.1 Å². The Morgan fingerprint density at radius 3 is 2.89 bits per heavy atom. The zero-order valence-corrected chi connectivity index (χ0v) is 11.0. The van der Waals surface area contributed by atoms with E-state index in [-0.39, 0.29) is 18.0 Å². The van der Waals surface area contributed by atoms with E-state index in [1.807, 2.05) is 0 Å². The maximum Gasteiger partial charge on any atom is 0.334 e. The molecule has 0 spiro atoms. The third-order valence-electron chi connectivity index (χ3n) is 4.97. The molecule has 3 aliphatic rings. The highest BCUT2D eigenvalue weighted by molar-refractivity contribution is 5.91. The minimum absolute atomic E-state index is 0.229. The number of hydrogen-bond donors (Lipinski definition) is 1. The lowest BCUT2D eigenvalue weighted by Crippen LogP contribution is -2.28. The highest BCUT2D eigenvalue weighted by Crippen LogP contribution is 2.49. The Morgan fingerprint density at radius 2 is 2.17 bits per heavy atom. The molecule has 3 heteroatoms. The van der Waals surface area contributed by atoms with Gasteiger partial charge in [-0.15, -0.1) is 0 Å². The molecule has 0 unspecified atom stereocenters. The van der Waals surface area contributed by atoms with Crippen molar-refractivity contribution in [1.82, 2.24) is 0 Å². The first-order valence-corrected chi connectivity index (χ1v) is 6.78. The molecular formula is C15H20O3. The largest absolute Gasteiger partial charge is 0.454 e. The molecular weight excluding hydrogens is 228 g/mol. The first-order valence-electron chi connectivity index (χ1n) is 6.78. The van der Waals surface area contributed by atoms with Crippen LogP contribution in [0.3, 0.4) is 0 Å². The number of carbonyl (C=O) groups is 1. The minimum Gasteiger partial charge on any atom is -0.454 e. The average molecular weight is 248 g/mol. The second-order valence-corrected chi connectivity index (χ2v) is 6.04. The maximum atomic E-state index is 11.7. The van der Waals surface area contributed by atoms with Gasteiger partial charge in [0.15, 0.2) is 0 Å². The Balaban J connectivity index is 2.08. The van der Waals surface area contributed by atoms with Crippen LogP contribution in [0.15, 0.2) is 23.3 Å². The zero-order chi connectivity index (χ0) is 13.0. The van der Waals surface area contributed by atoms with E-state index in [1.54, 1.807) is 0 Å². The Bertz CT molecular complexity index is 449. The zero-order valence-electron chi connectivity index (χ0n) is 11.0. The number of ether oxygens (including phenoxy) is 1. The van der Waals surface area contributed by atoms with Crippen LogP contribution in [0.5, 0.6) is 0 Å². The van der Waals surface area contributed by atoms with Crippen molar-refractivity contribution in [3.8, 4) is 0 Å². The third-order valence-corrected chi connectivity index (χ3v) is 4.97. The van der Waals surface area contributed by atoms with Crippen LogP contribution in [0.1, 0.15) is 33.1 Å². The molecule has 0 amide bonds. The molecule has 1 saturated carbocycles. The smallest absolute Gasteiger partial charge is 0.334 e. The first kappa shape index (κ1) is 12.0. The summed E-state index contributed by atoms with van der Waals surface area (Å²) in [6.07, 6.45) is 2.20. The predicted molar refractivity (Wildman–Crippen MR) is 67.7 cm³/mol. The fourth-order valence-corrected chi connectivity index (χ4v) is 4.00.